The number of carbonyl (C=O) groups is 2. The molecule has 8 heteroatoms. The molecule has 2 amide bonds. The largest absolute Gasteiger partial charge is 0.480 e. The zero-order chi connectivity index (χ0) is 18.6. The second kappa shape index (κ2) is 7.86. The van der Waals surface area contributed by atoms with E-state index in [4.69, 9.17) is 0 Å². The van der Waals surface area contributed by atoms with Gasteiger partial charge in [0.05, 0.1) is 11.5 Å². The van der Waals surface area contributed by atoms with Crippen LogP contribution in [0.5, 0.6) is 0 Å². The number of hydrogen-bond donors (Lipinski definition) is 1. The van der Waals surface area contributed by atoms with E-state index in [1.165, 1.54) is 4.90 Å². The smallest absolute Gasteiger partial charge is 0.323 e. The molecule has 1 saturated heterocycles. The van der Waals surface area contributed by atoms with E-state index in [1.54, 1.807) is 4.90 Å². The molecule has 1 unspecified atom stereocenters. The minimum absolute atomic E-state index is 0.0125. The van der Waals surface area contributed by atoms with Gasteiger partial charge in [-0.15, -0.1) is 0 Å². The minimum atomic E-state index is -3.22. The van der Waals surface area contributed by atoms with Gasteiger partial charge in [-0.3, -0.25) is 4.79 Å². The van der Waals surface area contributed by atoms with Gasteiger partial charge in [0.2, 0.25) is 0 Å². The van der Waals surface area contributed by atoms with Crippen LogP contribution in [0.4, 0.5) is 4.79 Å². The fourth-order valence-electron chi connectivity index (χ4n) is 2.94. The summed E-state index contributed by atoms with van der Waals surface area (Å²) in [6, 6.07) is 8.23. The summed E-state index contributed by atoms with van der Waals surface area (Å²) in [6.07, 6.45) is 0.276. The Morgan fingerprint density at radius 3 is 2.36 bits per heavy atom. The van der Waals surface area contributed by atoms with E-state index >= 15 is 0 Å². The van der Waals surface area contributed by atoms with Gasteiger partial charge in [-0.2, -0.15) is 0 Å². The third-order valence-electron chi connectivity index (χ3n) is 4.27. The molecule has 1 aliphatic heterocycles. The van der Waals surface area contributed by atoms with Crippen molar-refractivity contribution in [3.63, 3.8) is 0 Å². The molecule has 1 aromatic carbocycles. The molecule has 0 spiro atoms. The van der Waals surface area contributed by atoms with Crippen molar-refractivity contribution in [2.45, 2.75) is 38.9 Å². The number of rotatable bonds is 6. The van der Waals surface area contributed by atoms with E-state index < -0.39 is 34.4 Å². The quantitative estimate of drug-likeness (QED) is 0.823. The van der Waals surface area contributed by atoms with Crippen LogP contribution < -0.4 is 0 Å². The minimum Gasteiger partial charge on any atom is -0.480 e. The topological polar surface area (TPSA) is 95.0 Å². The molecule has 1 aromatic rings. The van der Waals surface area contributed by atoms with Gasteiger partial charge in [0.25, 0.3) is 0 Å². The first-order valence-electron chi connectivity index (χ1n) is 8.23. The number of carboxylic acids is 1. The molecular formula is C17H24N2O5S. The van der Waals surface area contributed by atoms with E-state index in [1.807, 2.05) is 44.2 Å². The van der Waals surface area contributed by atoms with Crippen molar-refractivity contribution in [3.05, 3.63) is 35.9 Å². The monoisotopic (exact) mass is 368 g/mol. The van der Waals surface area contributed by atoms with Crippen LogP contribution in [-0.4, -0.2) is 65.5 Å². The van der Waals surface area contributed by atoms with Gasteiger partial charge in [0.1, 0.15) is 6.54 Å². The first-order valence-corrected chi connectivity index (χ1v) is 10.0. The van der Waals surface area contributed by atoms with E-state index in [0.29, 0.717) is 6.54 Å². The SMILES string of the molecule is CC(C)N(Cc1ccccc1)C(=O)N(CC(=O)O)C1CCS(=O)(=O)C1. The molecular weight excluding hydrogens is 344 g/mol. The third kappa shape index (κ3) is 5.19. The zero-order valence-electron chi connectivity index (χ0n) is 14.5. The lowest BCUT2D eigenvalue weighted by molar-refractivity contribution is -0.138. The molecule has 1 fully saturated rings. The number of hydrogen-bond acceptors (Lipinski definition) is 4. The highest BCUT2D eigenvalue weighted by Gasteiger charge is 2.37. The Labute approximate surface area is 148 Å². The molecule has 0 aromatic heterocycles. The lowest BCUT2D eigenvalue weighted by Gasteiger charge is -2.35. The Morgan fingerprint density at radius 1 is 1.24 bits per heavy atom. The van der Waals surface area contributed by atoms with Crippen molar-refractivity contribution in [3.8, 4) is 0 Å². The molecule has 2 rings (SSSR count). The lowest BCUT2D eigenvalue weighted by atomic mass is 10.2. The normalized spacial score (nSPS) is 18.9. The number of nitrogens with zero attached hydrogens (tertiary/aromatic N) is 2. The van der Waals surface area contributed by atoms with Crippen molar-refractivity contribution in [2.24, 2.45) is 0 Å². The number of amides is 2. The Morgan fingerprint density at radius 2 is 1.88 bits per heavy atom. The summed E-state index contributed by atoms with van der Waals surface area (Å²) in [4.78, 5) is 27.0. The average molecular weight is 368 g/mol. The molecule has 1 heterocycles. The van der Waals surface area contributed by atoms with Gasteiger partial charge in [0.15, 0.2) is 9.84 Å². The van der Waals surface area contributed by atoms with Crippen molar-refractivity contribution in [2.75, 3.05) is 18.1 Å². The maximum Gasteiger partial charge on any atom is 0.323 e. The van der Waals surface area contributed by atoms with E-state index in [2.05, 4.69) is 0 Å². The zero-order valence-corrected chi connectivity index (χ0v) is 15.3. The van der Waals surface area contributed by atoms with Crippen molar-refractivity contribution in [1.82, 2.24) is 9.80 Å². The predicted molar refractivity (Wildman–Crippen MR) is 93.9 cm³/mol. The van der Waals surface area contributed by atoms with Gasteiger partial charge in [-0.25, -0.2) is 13.2 Å². The molecule has 1 N–H and O–H groups in total. The molecule has 1 atom stereocenters. The fourth-order valence-corrected chi connectivity index (χ4v) is 4.67. The summed E-state index contributed by atoms with van der Waals surface area (Å²) >= 11 is 0. The molecule has 1 aliphatic rings. The summed E-state index contributed by atoms with van der Waals surface area (Å²) in [6.45, 7) is 3.54. The average Bonchev–Trinajstić information content (AvgIpc) is 2.90. The second-order valence-corrected chi connectivity index (χ2v) is 8.80. The summed E-state index contributed by atoms with van der Waals surface area (Å²) in [5.41, 5.74) is 0.930. The standard InChI is InChI=1S/C17H24N2O5S/c1-13(2)18(10-14-6-4-3-5-7-14)17(22)19(11-16(20)21)15-8-9-25(23,24)12-15/h3-7,13,15H,8-12H2,1-2H3,(H,20,21). The van der Waals surface area contributed by atoms with Gasteiger partial charge < -0.3 is 14.9 Å². The fraction of sp³-hybridized carbons (Fsp3) is 0.529. The van der Waals surface area contributed by atoms with Gasteiger partial charge in [0, 0.05) is 18.6 Å². The number of carbonyl (C=O) groups excluding carboxylic acids is 1. The van der Waals surface area contributed by atoms with Crippen LogP contribution in [0.3, 0.4) is 0 Å². The van der Waals surface area contributed by atoms with Crippen LogP contribution in [-0.2, 0) is 21.2 Å². The lowest BCUT2D eigenvalue weighted by Crippen LogP contribution is -2.52. The van der Waals surface area contributed by atoms with Crippen LogP contribution in [0.2, 0.25) is 0 Å². The van der Waals surface area contributed by atoms with Crippen LogP contribution in [0.15, 0.2) is 30.3 Å². The van der Waals surface area contributed by atoms with Crippen molar-refractivity contribution >= 4 is 21.8 Å². The number of carboxylic acid groups (broad SMARTS) is 1. The highest BCUT2D eigenvalue weighted by molar-refractivity contribution is 7.91. The Balaban J connectivity index is 2.23. The highest BCUT2D eigenvalue weighted by Crippen LogP contribution is 2.21. The van der Waals surface area contributed by atoms with Gasteiger partial charge >= 0.3 is 12.0 Å². The third-order valence-corrected chi connectivity index (χ3v) is 6.02. The second-order valence-electron chi connectivity index (χ2n) is 6.57. The van der Waals surface area contributed by atoms with E-state index in [0.717, 1.165) is 5.56 Å². The molecule has 25 heavy (non-hydrogen) atoms. The Hall–Kier alpha value is -2.09. The van der Waals surface area contributed by atoms with Gasteiger partial charge in [-0.05, 0) is 25.8 Å². The van der Waals surface area contributed by atoms with Crippen molar-refractivity contribution < 1.29 is 23.1 Å². The van der Waals surface area contributed by atoms with Gasteiger partial charge in [-0.1, -0.05) is 30.3 Å². The summed E-state index contributed by atoms with van der Waals surface area (Å²) < 4.78 is 23.5. The Bertz CT molecular complexity index is 718. The predicted octanol–water partition coefficient (Wildman–Crippen LogP) is 1.59. The van der Waals surface area contributed by atoms with E-state index in [9.17, 15) is 23.1 Å². The van der Waals surface area contributed by atoms with Crippen LogP contribution in [0, 0.1) is 0 Å². The summed E-state index contributed by atoms with van der Waals surface area (Å²) in [5, 5.41) is 9.17. The van der Waals surface area contributed by atoms with Crippen LogP contribution in [0.25, 0.3) is 0 Å². The van der Waals surface area contributed by atoms with Crippen LogP contribution >= 0.6 is 0 Å². The molecule has 7 nitrogen and oxygen atoms in total. The molecule has 0 radical (unpaired) electrons. The maximum atomic E-state index is 13.0. The summed E-state index contributed by atoms with van der Waals surface area (Å²) in [7, 11) is -3.22. The number of urea groups is 1. The van der Waals surface area contributed by atoms with Crippen LogP contribution in [0.1, 0.15) is 25.8 Å². The number of benzene rings is 1. The maximum absolute atomic E-state index is 13.0. The molecule has 138 valence electrons. The first kappa shape index (κ1) is 19.2. The highest BCUT2D eigenvalue weighted by atomic mass is 32.2. The number of aliphatic carboxylic acids is 1. The molecule has 0 bridgehead atoms. The molecule has 0 saturated carbocycles. The summed E-state index contributed by atoms with van der Waals surface area (Å²) in [5.74, 6) is -1.34. The molecule has 0 aliphatic carbocycles. The van der Waals surface area contributed by atoms with Crippen molar-refractivity contribution in [1.29, 1.82) is 0 Å². The Kier molecular flexibility index (Phi) is 6.05. The first-order chi connectivity index (χ1) is 11.7. The van der Waals surface area contributed by atoms with E-state index in [-0.39, 0.29) is 24.0 Å². The number of sulfone groups is 1.